The molecule has 0 aromatic rings. The van der Waals surface area contributed by atoms with E-state index < -0.39 is 37.3 Å². The Kier molecular flexibility index (Phi) is 9.51. The summed E-state index contributed by atoms with van der Waals surface area (Å²) >= 11 is 0. The van der Waals surface area contributed by atoms with Crippen molar-refractivity contribution in [3.05, 3.63) is 23.8 Å². The summed E-state index contributed by atoms with van der Waals surface area (Å²) in [6.07, 6.45) is 9.51. The SMILES string of the molecule is C=C(C)C(CC)CCC(C)C1CCC2C3CC=C4CC(OC5OC(CO)C(O)C(O)C5O)CC[C@]4(C)C3CC[C@]12C. The average Bonchev–Trinajstić information content (AvgIpc) is 3.30. The minimum Gasteiger partial charge on any atom is -0.394 e. The number of ether oxygens (including phenoxy) is 2. The van der Waals surface area contributed by atoms with E-state index in [9.17, 15) is 20.4 Å². The molecule has 4 N–H and O–H groups in total. The molecule has 14 atom stereocenters. The zero-order valence-electron chi connectivity index (χ0n) is 26.3. The van der Waals surface area contributed by atoms with Crippen LogP contribution in [-0.2, 0) is 9.47 Å². The second kappa shape index (κ2) is 12.3. The van der Waals surface area contributed by atoms with Crippen LogP contribution in [0.25, 0.3) is 0 Å². The Hall–Kier alpha value is -0.760. The number of hydrogen-bond donors (Lipinski definition) is 4. The highest BCUT2D eigenvalue weighted by Crippen LogP contribution is 2.67. The summed E-state index contributed by atoms with van der Waals surface area (Å²) in [4.78, 5) is 0. The van der Waals surface area contributed by atoms with Crippen molar-refractivity contribution in [2.45, 2.75) is 142 Å². The smallest absolute Gasteiger partial charge is 0.186 e. The van der Waals surface area contributed by atoms with Gasteiger partial charge in [0.1, 0.15) is 24.4 Å². The number of fused-ring (bicyclic) bond motifs is 5. The van der Waals surface area contributed by atoms with Crippen molar-refractivity contribution in [2.24, 2.45) is 46.3 Å². The van der Waals surface area contributed by atoms with E-state index in [0.29, 0.717) is 11.3 Å². The van der Waals surface area contributed by atoms with Crippen molar-refractivity contribution in [3.63, 3.8) is 0 Å². The van der Waals surface area contributed by atoms with Gasteiger partial charge < -0.3 is 29.9 Å². The third-order valence-electron chi connectivity index (χ3n) is 13.2. The van der Waals surface area contributed by atoms with E-state index in [-0.39, 0.29) is 11.5 Å². The van der Waals surface area contributed by atoms with Gasteiger partial charge in [-0.2, -0.15) is 0 Å². The first-order valence-electron chi connectivity index (χ1n) is 16.7. The van der Waals surface area contributed by atoms with E-state index in [1.54, 1.807) is 0 Å². The van der Waals surface area contributed by atoms with Crippen molar-refractivity contribution in [1.29, 1.82) is 0 Å². The lowest BCUT2D eigenvalue weighted by atomic mass is 9.47. The molecule has 0 spiro atoms. The van der Waals surface area contributed by atoms with Gasteiger partial charge >= 0.3 is 0 Å². The molecule has 41 heavy (non-hydrogen) atoms. The minimum atomic E-state index is -1.40. The first kappa shape index (κ1) is 31.7. The van der Waals surface area contributed by atoms with Crippen molar-refractivity contribution in [1.82, 2.24) is 0 Å². The highest BCUT2D eigenvalue weighted by Gasteiger charge is 2.59. The number of hydrogen-bond acceptors (Lipinski definition) is 6. The molecule has 1 heterocycles. The molecule has 5 rings (SSSR count). The first-order chi connectivity index (χ1) is 19.4. The maximum atomic E-state index is 10.5. The van der Waals surface area contributed by atoms with Crippen LogP contribution in [0.2, 0.25) is 0 Å². The number of aliphatic hydroxyl groups excluding tert-OH is 4. The predicted molar refractivity (Wildman–Crippen MR) is 161 cm³/mol. The molecule has 12 unspecified atom stereocenters. The zero-order valence-corrected chi connectivity index (χ0v) is 26.3. The Balaban J connectivity index is 1.24. The maximum absolute atomic E-state index is 10.5. The fourth-order valence-electron chi connectivity index (χ4n) is 10.6. The minimum absolute atomic E-state index is 0.107. The second-order valence-electron chi connectivity index (χ2n) is 15.2. The van der Waals surface area contributed by atoms with Gasteiger partial charge in [-0.3, -0.25) is 0 Å². The molecule has 234 valence electrons. The summed E-state index contributed by atoms with van der Waals surface area (Å²) in [5, 5.41) is 40.4. The highest BCUT2D eigenvalue weighted by atomic mass is 16.7. The molecule has 0 aromatic heterocycles. The summed E-state index contributed by atoms with van der Waals surface area (Å²) in [5.41, 5.74) is 3.49. The number of allylic oxidation sites excluding steroid dienone is 2. The summed E-state index contributed by atoms with van der Waals surface area (Å²) in [6.45, 7) is 16.0. The lowest BCUT2D eigenvalue weighted by molar-refractivity contribution is -0.313. The quantitative estimate of drug-likeness (QED) is 0.261. The van der Waals surface area contributed by atoms with E-state index in [0.717, 1.165) is 55.3 Å². The molecule has 4 aliphatic carbocycles. The molecular weight excluding hydrogens is 516 g/mol. The van der Waals surface area contributed by atoms with Crippen molar-refractivity contribution >= 4 is 0 Å². The summed E-state index contributed by atoms with van der Waals surface area (Å²) in [6, 6.07) is 0. The van der Waals surface area contributed by atoms with Gasteiger partial charge in [-0.1, -0.05) is 51.5 Å². The predicted octanol–water partition coefficient (Wildman–Crippen LogP) is 5.77. The molecule has 0 aromatic carbocycles. The molecule has 1 saturated heterocycles. The van der Waals surface area contributed by atoms with Crippen molar-refractivity contribution in [3.8, 4) is 0 Å². The molecule has 0 radical (unpaired) electrons. The molecule has 5 aliphatic rings. The van der Waals surface area contributed by atoms with E-state index in [1.807, 2.05) is 0 Å². The lowest BCUT2D eigenvalue weighted by Gasteiger charge is -2.58. The topological polar surface area (TPSA) is 99.4 Å². The van der Waals surface area contributed by atoms with E-state index in [2.05, 4.69) is 47.3 Å². The van der Waals surface area contributed by atoms with Crippen LogP contribution in [0.4, 0.5) is 0 Å². The molecule has 0 amide bonds. The van der Waals surface area contributed by atoms with Crippen LogP contribution in [-0.4, -0.2) is 63.8 Å². The van der Waals surface area contributed by atoms with E-state index >= 15 is 0 Å². The van der Waals surface area contributed by atoms with Crippen molar-refractivity contribution < 1.29 is 29.9 Å². The van der Waals surface area contributed by atoms with E-state index in [4.69, 9.17) is 9.47 Å². The van der Waals surface area contributed by atoms with Gasteiger partial charge in [-0.25, -0.2) is 0 Å². The maximum Gasteiger partial charge on any atom is 0.186 e. The lowest BCUT2D eigenvalue weighted by Crippen LogP contribution is -2.60. The van der Waals surface area contributed by atoms with Crippen LogP contribution in [0, 0.1) is 46.3 Å². The molecule has 0 bridgehead atoms. The third-order valence-corrected chi connectivity index (χ3v) is 13.2. The molecule has 6 heteroatoms. The van der Waals surface area contributed by atoms with Gasteiger partial charge in [-0.05, 0) is 124 Å². The summed E-state index contributed by atoms with van der Waals surface area (Å²) < 4.78 is 11.9. The Labute approximate surface area is 248 Å². The zero-order chi connectivity index (χ0) is 29.7. The summed E-state index contributed by atoms with van der Waals surface area (Å²) in [5.74, 6) is 4.57. The van der Waals surface area contributed by atoms with Gasteiger partial charge in [-0.15, -0.1) is 0 Å². The van der Waals surface area contributed by atoms with Crippen LogP contribution in [0.3, 0.4) is 0 Å². The second-order valence-corrected chi connectivity index (χ2v) is 15.2. The van der Waals surface area contributed by atoms with Gasteiger partial charge in [0.2, 0.25) is 0 Å². The first-order valence-corrected chi connectivity index (χ1v) is 16.7. The molecular formula is C35H58O6. The van der Waals surface area contributed by atoms with Crippen LogP contribution in [0.1, 0.15) is 105 Å². The molecule has 4 fully saturated rings. The average molecular weight is 575 g/mol. The Morgan fingerprint density at radius 3 is 2.49 bits per heavy atom. The van der Waals surface area contributed by atoms with Gasteiger partial charge in [0.15, 0.2) is 6.29 Å². The Morgan fingerprint density at radius 2 is 1.80 bits per heavy atom. The van der Waals surface area contributed by atoms with Gasteiger partial charge in [0.05, 0.1) is 12.7 Å². The third kappa shape index (κ3) is 5.64. The van der Waals surface area contributed by atoms with Gasteiger partial charge in [0, 0.05) is 0 Å². The Bertz CT molecular complexity index is 962. The highest BCUT2D eigenvalue weighted by molar-refractivity contribution is 5.25. The Morgan fingerprint density at radius 1 is 1.05 bits per heavy atom. The monoisotopic (exact) mass is 574 g/mol. The molecule has 1 aliphatic heterocycles. The fraction of sp³-hybridized carbons (Fsp3) is 0.886. The van der Waals surface area contributed by atoms with Crippen LogP contribution in [0.5, 0.6) is 0 Å². The van der Waals surface area contributed by atoms with Gasteiger partial charge in [0.25, 0.3) is 0 Å². The van der Waals surface area contributed by atoms with Crippen LogP contribution >= 0.6 is 0 Å². The summed E-state index contributed by atoms with van der Waals surface area (Å²) in [7, 11) is 0. The standard InChI is InChI=1S/C35H58O6/c1-7-22(20(2)3)9-8-21(4)26-12-13-27-25-11-10-23-18-24(14-16-34(23,5)28(25)15-17-35(26,27)6)40-33-32(39)31(38)30(37)29(19-36)41-33/h10,21-22,24-33,36-39H,2,7-9,11-19H2,1,3-6H3/t21?,22?,24?,25?,26?,27?,28?,29?,30?,31?,32?,33?,34-,35+/m0/s1. The van der Waals surface area contributed by atoms with Crippen LogP contribution < -0.4 is 0 Å². The number of rotatable bonds is 9. The normalized spacial score (nSPS) is 47.5. The van der Waals surface area contributed by atoms with Crippen LogP contribution in [0.15, 0.2) is 23.8 Å². The fourth-order valence-corrected chi connectivity index (χ4v) is 10.6. The largest absolute Gasteiger partial charge is 0.394 e. The van der Waals surface area contributed by atoms with E-state index in [1.165, 1.54) is 56.1 Å². The van der Waals surface area contributed by atoms with Crippen molar-refractivity contribution in [2.75, 3.05) is 6.61 Å². The molecule has 3 saturated carbocycles. The number of aliphatic hydroxyl groups is 4. The molecule has 6 nitrogen and oxygen atoms in total.